The van der Waals surface area contributed by atoms with Crippen molar-refractivity contribution in [3.8, 4) is 0 Å². The first kappa shape index (κ1) is 13.9. The number of benzene rings is 2. The predicted molar refractivity (Wildman–Crippen MR) is 76.4 cm³/mol. The van der Waals surface area contributed by atoms with E-state index < -0.39 is 5.97 Å². The Morgan fingerprint density at radius 1 is 1.25 bits per heavy atom. The third kappa shape index (κ3) is 3.26. The number of rotatable bonds is 5. The van der Waals surface area contributed by atoms with E-state index in [1.807, 2.05) is 0 Å². The van der Waals surface area contributed by atoms with E-state index in [1.165, 1.54) is 18.2 Å². The van der Waals surface area contributed by atoms with Crippen LogP contribution in [0.15, 0.2) is 42.5 Å². The zero-order chi connectivity index (χ0) is 14.5. The van der Waals surface area contributed by atoms with Crippen LogP contribution >= 0.6 is 0 Å². The van der Waals surface area contributed by atoms with Crippen LogP contribution in [0.2, 0.25) is 0 Å². The summed E-state index contributed by atoms with van der Waals surface area (Å²) in [7, 11) is 0. The van der Waals surface area contributed by atoms with Crippen LogP contribution in [-0.2, 0) is 6.42 Å². The van der Waals surface area contributed by atoms with E-state index in [1.54, 1.807) is 24.3 Å². The van der Waals surface area contributed by atoms with Gasteiger partial charge in [-0.3, -0.25) is 0 Å². The number of nitrogens with two attached hydrogens (primary N) is 1. The summed E-state index contributed by atoms with van der Waals surface area (Å²) in [6, 6.07) is 11.0. The quantitative estimate of drug-likeness (QED) is 0.733. The van der Waals surface area contributed by atoms with Crippen molar-refractivity contribution in [2.45, 2.75) is 6.42 Å². The lowest BCUT2D eigenvalue weighted by Crippen LogP contribution is -2.10. The first-order chi connectivity index (χ1) is 9.58. The molecule has 0 fully saturated rings. The number of halogens is 1. The number of carbonyl (C=O) groups is 1. The van der Waals surface area contributed by atoms with Crippen molar-refractivity contribution in [3.63, 3.8) is 0 Å². The van der Waals surface area contributed by atoms with Crippen molar-refractivity contribution >= 4 is 17.3 Å². The molecule has 2 rings (SSSR count). The van der Waals surface area contributed by atoms with E-state index in [4.69, 9.17) is 10.8 Å². The van der Waals surface area contributed by atoms with Gasteiger partial charge in [-0.15, -0.1) is 0 Å². The second kappa shape index (κ2) is 6.06. The van der Waals surface area contributed by atoms with Crippen LogP contribution in [0.1, 0.15) is 15.9 Å². The molecular weight excluding hydrogens is 259 g/mol. The summed E-state index contributed by atoms with van der Waals surface area (Å²) in [6.45, 7) is 0.421. The smallest absolute Gasteiger partial charge is 0.337 e. The molecular formula is C15H15FN2O2. The Labute approximate surface area is 116 Å². The van der Waals surface area contributed by atoms with Crippen LogP contribution in [0.25, 0.3) is 0 Å². The lowest BCUT2D eigenvalue weighted by molar-refractivity contribution is 0.0698. The van der Waals surface area contributed by atoms with Crippen molar-refractivity contribution in [2.75, 3.05) is 17.6 Å². The van der Waals surface area contributed by atoms with Gasteiger partial charge in [-0.1, -0.05) is 18.2 Å². The predicted octanol–water partition coefficient (Wildman–Crippen LogP) is 2.76. The highest BCUT2D eigenvalue weighted by Crippen LogP contribution is 2.19. The molecule has 4 nitrogen and oxygen atoms in total. The molecule has 0 atom stereocenters. The SMILES string of the molecule is Nc1ccc(C(=O)O)c(NCCc2ccccc2F)c1. The van der Waals surface area contributed by atoms with Crippen LogP contribution in [-0.4, -0.2) is 17.6 Å². The largest absolute Gasteiger partial charge is 0.478 e. The van der Waals surface area contributed by atoms with Crippen LogP contribution in [0, 0.1) is 5.82 Å². The third-order valence-corrected chi connectivity index (χ3v) is 2.94. The number of anilines is 2. The summed E-state index contributed by atoms with van der Waals surface area (Å²) in [6.07, 6.45) is 0.459. The highest BCUT2D eigenvalue weighted by molar-refractivity contribution is 5.95. The maximum Gasteiger partial charge on any atom is 0.337 e. The van der Waals surface area contributed by atoms with Crippen LogP contribution < -0.4 is 11.1 Å². The van der Waals surface area contributed by atoms with Crippen molar-refractivity contribution in [1.82, 2.24) is 0 Å². The van der Waals surface area contributed by atoms with Gasteiger partial charge in [0.2, 0.25) is 0 Å². The number of carboxylic acids is 1. The molecule has 0 heterocycles. The fourth-order valence-electron chi connectivity index (χ4n) is 1.93. The summed E-state index contributed by atoms with van der Waals surface area (Å²) in [5, 5.41) is 12.1. The Kier molecular flexibility index (Phi) is 4.20. The highest BCUT2D eigenvalue weighted by atomic mass is 19.1. The Hall–Kier alpha value is -2.56. The monoisotopic (exact) mass is 274 g/mol. The van der Waals surface area contributed by atoms with Gasteiger partial charge in [-0.2, -0.15) is 0 Å². The molecule has 0 saturated heterocycles. The second-order valence-electron chi connectivity index (χ2n) is 4.38. The molecule has 104 valence electrons. The van der Waals surface area contributed by atoms with E-state index >= 15 is 0 Å². The zero-order valence-corrected chi connectivity index (χ0v) is 10.8. The average Bonchev–Trinajstić information content (AvgIpc) is 2.41. The molecule has 0 amide bonds. The zero-order valence-electron chi connectivity index (χ0n) is 10.8. The van der Waals surface area contributed by atoms with E-state index in [2.05, 4.69) is 5.32 Å². The summed E-state index contributed by atoms with van der Waals surface area (Å²) >= 11 is 0. The molecule has 5 heteroatoms. The molecule has 0 aliphatic carbocycles. The molecule has 0 aliphatic heterocycles. The van der Waals surface area contributed by atoms with Gasteiger partial charge >= 0.3 is 5.97 Å². The highest BCUT2D eigenvalue weighted by Gasteiger charge is 2.10. The molecule has 0 unspecified atom stereocenters. The Balaban J connectivity index is 2.06. The molecule has 0 spiro atoms. The molecule has 0 aliphatic rings. The number of carboxylic acid groups (broad SMARTS) is 1. The van der Waals surface area contributed by atoms with Gasteiger partial charge in [-0.05, 0) is 36.2 Å². The van der Waals surface area contributed by atoms with Crippen molar-refractivity contribution in [3.05, 3.63) is 59.4 Å². The number of nitrogens with one attached hydrogen (secondary N) is 1. The van der Waals surface area contributed by atoms with E-state index in [9.17, 15) is 9.18 Å². The van der Waals surface area contributed by atoms with Gasteiger partial charge in [0.1, 0.15) is 5.82 Å². The molecule has 0 saturated carbocycles. The summed E-state index contributed by atoms with van der Waals surface area (Å²) in [5.41, 5.74) is 7.29. The van der Waals surface area contributed by atoms with Gasteiger partial charge in [0.25, 0.3) is 0 Å². The minimum Gasteiger partial charge on any atom is -0.478 e. The van der Waals surface area contributed by atoms with E-state index in [0.29, 0.717) is 29.9 Å². The first-order valence-electron chi connectivity index (χ1n) is 6.18. The van der Waals surface area contributed by atoms with Crippen LogP contribution in [0.3, 0.4) is 0 Å². The third-order valence-electron chi connectivity index (χ3n) is 2.94. The van der Waals surface area contributed by atoms with Crippen molar-refractivity contribution < 1.29 is 14.3 Å². The summed E-state index contributed by atoms with van der Waals surface area (Å²) in [4.78, 5) is 11.1. The number of aromatic carboxylic acids is 1. The molecule has 0 aromatic heterocycles. The Morgan fingerprint density at radius 2 is 2.00 bits per heavy atom. The van der Waals surface area contributed by atoms with Crippen LogP contribution in [0.4, 0.5) is 15.8 Å². The lowest BCUT2D eigenvalue weighted by atomic mass is 10.1. The fraction of sp³-hybridized carbons (Fsp3) is 0.133. The number of nitrogen functional groups attached to an aromatic ring is 1. The maximum absolute atomic E-state index is 13.4. The second-order valence-corrected chi connectivity index (χ2v) is 4.38. The lowest BCUT2D eigenvalue weighted by Gasteiger charge is -2.10. The summed E-state index contributed by atoms with van der Waals surface area (Å²) in [5.74, 6) is -1.29. The van der Waals surface area contributed by atoms with Gasteiger partial charge in [0, 0.05) is 12.2 Å². The summed E-state index contributed by atoms with van der Waals surface area (Å²) < 4.78 is 13.4. The minimum atomic E-state index is -1.03. The average molecular weight is 274 g/mol. The van der Waals surface area contributed by atoms with Gasteiger partial charge in [-0.25, -0.2) is 9.18 Å². The molecule has 2 aromatic carbocycles. The Bertz CT molecular complexity index is 629. The van der Waals surface area contributed by atoms with Gasteiger partial charge in [0.15, 0.2) is 0 Å². The molecule has 0 bridgehead atoms. The van der Waals surface area contributed by atoms with E-state index in [0.717, 1.165) is 0 Å². The number of hydrogen-bond donors (Lipinski definition) is 3. The van der Waals surface area contributed by atoms with Crippen molar-refractivity contribution in [2.24, 2.45) is 0 Å². The Morgan fingerprint density at radius 3 is 2.70 bits per heavy atom. The van der Waals surface area contributed by atoms with Crippen LogP contribution in [0.5, 0.6) is 0 Å². The molecule has 4 N–H and O–H groups in total. The molecule has 0 radical (unpaired) electrons. The topological polar surface area (TPSA) is 75.4 Å². The fourth-order valence-corrected chi connectivity index (χ4v) is 1.93. The van der Waals surface area contributed by atoms with E-state index in [-0.39, 0.29) is 11.4 Å². The minimum absolute atomic E-state index is 0.146. The van der Waals surface area contributed by atoms with Gasteiger partial charge in [0.05, 0.1) is 11.3 Å². The number of hydrogen-bond acceptors (Lipinski definition) is 3. The first-order valence-corrected chi connectivity index (χ1v) is 6.18. The van der Waals surface area contributed by atoms with Crippen molar-refractivity contribution in [1.29, 1.82) is 0 Å². The standard InChI is InChI=1S/C15H15FN2O2/c16-13-4-2-1-3-10(13)7-8-18-14-9-11(17)5-6-12(14)15(19)20/h1-6,9,18H,7-8,17H2,(H,19,20). The molecule has 2 aromatic rings. The van der Waals surface area contributed by atoms with Gasteiger partial charge < -0.3 is 16.2 Å². The molecule has 20 heavy (non-hydrogen) atoms. The normalized spacial score (nSPS) is 10.2. The maximum atomic E-state index is 13.4.